The van der Waals surface area contributed by atoms with Crippen LogP contribution < -0.4 is 11.1 Å². The van der Waals surface area contributed by atoms with E-state index < -0.39 is 0 Å². The zero-order chi connectivity index (χ0) is 12.8. The summed E-state index contributed by atoms with van der Waals surface area (Å²) >= 11 is 0. The van der Waals surface area contributed by atoms with E-state index in [1.807, 2.05) is 11.8 Å². The van der Waals surface area contributed by atoms with Crippen LogP contribution in [-0.4, -0.2) is 35.9 Å². The Hall–Kier alpha value is -1.26. The van der Waals surface area contributed by atoms with Crippen molar-refractivity contribution in [1.82, 2.24) is 10.2 Å². The highest BCUT2D eigenvalue weighted by molar-refractivity contribution is 5.79. The zero-order valence-electron chi connectivity index (χ0n) is 10.8. The lowest BCUT2D eigenvalue weighted by Gasteiger charge is -2.31. The van der Waals surface area contributed by atoms with Gasteiger partial charge in [-0.3, -0.25) is 5.41 Å². The van der Waals surface area contributed by atoms with Gasteiger partial charge in [0.15, 0.2) is 0 Å². The lowest BCUT2D eigenvalue weighted by molar-refractivity contribution is 0.170. The van der Waals surface area contributed by atoms with Crippen molar-refractivity contribution in [2.24, 2.45) is 11.7 Å². The normalized spacial score (nSPS) is 18.8. The Bertz CT molecular complexity index is 272. The number of nitrogens with two attached hydrogens (primary N) is 1. The van der Waals surface area contributed by atoms with Crippen LogP contribution in [0.15, 0.2) is 0 Å². The van der Waals surface area contributed by atoms with Gasteiger partial charge in [-0.05, 0) is 25.2 Å². The molecule has 1 aliphatic rings. The molecule has 5 heteroatoms. The summed E-state index contributed by atoms with van der Waals surface area (Å²) in [5, 5.41) is 10.2. The Kier molecular flexibility index (Phi) is 5.25. The smallest absolute Gasteiger partial charge is 0.317 e. The lowest BCUT2D eigenvalue weighted by atomic mass is 9.99. The Labute approximate surface area is 103 Å². The Morgan fingerprint density at radius 1 is 1.53 bits per heavy atom. The van der Waals surface area contributed by atoms with Gasteiger partial charge in [-0.1, -0.05) is 13.8 Å². The lowest BCUT2D eigenvalue weighted by Crippen LogP contribution is -2.48. The van der Waals surface area contributed by atoms with Gasteiger partial charge >= 0.3 is 6.03 Å². The molecule has 98 valence electrons. The molecule has 0 aliphatic carbocycles. The van der Waals surface area contributed by atoms with Crippen LogP contribution in [-0.2, 0) is 0 Å². The number of carbonyl (C=O) groups excluding carboxylic acids is 1. The summed E-state index contributed by atoms with van der Waals surface area (Å²) in [6.45, 7) is 5.89. The van der Waals surface area contributed by atoms with E-state index in [9.17, 15) is 4.79 Å². The number of rotatable bonds is 4. The van der Waals surface area contributed by atoms with Crippen molar-refractivity contribution < 1.29 is 4.79 Å². The minimum absolute atomic E-state index is 0.00926. The summed E-state index contributed by atoms with van der Waals surface area (Å²) < 4.78 is 0. The average molecular weight is 240 g/mol. The van der Waals surface area contributed by atoms with Crippen LogP contribution in [0.2, 0.25) is 0 Å². The monoisotopic (exact) mass is 240 g/mol. The van der Waals surface area contributed by atoms with Gasteiger partial charge in [0.05, 0.1) is 5.84 Å². The molecule has 0 bridgehead atoms. The molecule has 4 N–H and O–H groups in total. The Balaban J connectivity index is 2.39. The summed E-state index contributed by atoms with van der Waals surface area (Å²) in [6.07, 6.45) is 3.40. The first-order chi connectivity index (χ1) is 8.02. The van der Waals surface area contributed by atoms with Gasteiger partial charge in [-0.2, -0.15) is 0 Å². The first-order valence-corrected chi connectivity index (χ1v) is 6.41. The maximum absolute atomic E-state index is 12.0. The number of nitrogens with zero attached hydrogens (tertiary/aromatic N) is 1. The highest BCUT2D eigenvalue weighted by Crippen LogP contribution is 2.16. The molecule has 0 spiro atoms. The summed E-state index contributed by atoms with van der Waals surface area (Å²) in [5.41, 5.74) is 5.36. The van der Waals surface area contributed by atoms with Gasteiger partial charge in [0.1, 0.15) is 0 Å². The average Bonchev–Trinajstić information content (AvgIpc) is 2.28. The maximum Gasteiger partial charge on any atom is 0.317 e. The predicted molar refractivity (Wildman–Crippen MR) is 69.1 cm³/mol. The second kappa shape index (κ2) is 6.47. The molecule has 0 aromatic rings. The van der Waals surface area contributed by atoms with E-state index in [-0.39, 0.29) is 17.9 Å². The number of hydrogen-bond donors (Lipinski definition) is 3. The van der Waals surface area contributed by atoms with E-state index in [1.165, 1.54) is 0 Å². The molecule has 1 atom stereocenters. The van der Waals surface area contributed by atoms with E-state index in [0.717, 1.165) is 38.3 Å². The van der Waals surface area contributed by atoms with Crippen LogP contribution in [0.4, 0.5) is 4.79 Å². The van der Waals surface area contributed by atoms with Gasteiger partial charge in [-0.15, -0.1) is 0 Å². The van der Waals surface area contributed by atoms with Crippen LogP contribution in [0.5, 0.6) is 0 Å². The predicted octanol–water partition coefficient (Wildman–Crippen LogP) is 1.53. The number of amidine groups is 1. The van der Waals surface area contributed by atoms with E-state index in [0.29, 0.717) is 6.42 Å². The molecule has 0 radical (unpaired) electrons. The van der Waals surface area contributed by atoms with E-state index >= 15 is 0 Å². The number of nitrogens with one attached hydrogen (secondary N) is 2. The third-order valence-electron chi connectivity index (χ3n) is 3.36. The molecule has 1 rings (SSSR count). The number of piperidine rings is 1. The van der Waals surface area contributed by atoms with E-state index in [4.69, 9.17) is 11.1 Å². The van der Waals surface area contributed by atoms with Gasteiger partial charge in [0.25, 0.3) is 0 Å². The van der Waals surface area contributed by atoms with Gasteiger partial charge < -0.3 is 16.0 Å². The Morgan fingerprint density at radius 3 is 2.59 bits per heavy atom. The van der Waals surface area contributed by atoms with Crippen molar-refractivity contribution in [3.8, 4) is 0 Å². The second-order valence-corrected chi connectivity index (χ2v) is 4.95. The SMILES string of the molecule is CCC(CC(=N)N)NC(=O)N1CCC(C)CC1. The van der Waals surface area contributed by atoms with E-state index in [1.54, 1.807) is 0 Å². The van der Waals surface area contributed by atoms with Gasteiger partial charge in [-0.25, -0.2) is 4.79 Å². The van der Waals surface area contributed by atoms with Crippen LogP contribution >= 0.6 is 0 Å². The summed E-state index contributed by atoms with van der Waals surface area (Å²) in [6, 6.07) is -0.0237. The topological polar surface area (TPSA) is 82.2 Å². The minimum atomic E-state index is -0.0145. The second-order valence-electron chi connectivity index (χ2n) is 4.95. The molecule has 1 saturated heterocycles. The quantitative estimate of drug-likeness (QED) is 0.514. The number of amides is 2. The third kappa shape index (κ3) is 4.63. The van der Waals surface area contributed by atoms with Gasteiger partial charge in [0.2, 0.25) is 0 Å². The zero-order valence-corrected chi connectivity index (χ0v) is 10.8. The fourth-order valence-electron chi connectivity index (χ4n) is 2.04. The fourth-order valence-corrected chi connectivity index (χ4v) is 2.04. The molecule has 1 aliphatic heterocycles. The molecule has 17 heavy (non-hydrogen) atoms. The first kappa shape index (κ1) is 13.8. The molecule has 0 aromatic carbocycles. The van der Waals surface area contributed by atoms with E-state index in [2.05, 4.69) is 12.2 Å². The van der Waals surface area contributed by atoms with Crippen LogP contribution in [0.1, 0.15) is 39.5 Å². The largest absolute Gasteiger partial charge is 0.388 e. The Morgan fingerprint density at radius 2 is 2.12 bits per heavy atom. The van der Waals surface area contributed by atoms with Crippen LogP contribution in [0, 0.1) is 11.3 Å². The minimum Gasteiger partial charge on any atom is -0.388 e. The van der Waals surface area contributed by atoms with Crippen molar-refractivity contribution in [1.29, 1.82) is 5.41 Å². The number of likely N-dealkylation sites (tertiary alicyclic amines) is 1. The van der Waals surface area contributed by atoms with Crippen molar-refractivity contribution in [2.45, 2.75) is 45.6 Å². The highest BCUT2D eigenvalue weighted by atomic mass is 16.2. The number of carbonyl (C=O) groups is 1. The van der Waals surface area contributed by atoms with Gasteiger partial charge in [0, 0.05) is 25.6 Å². The highest BCUT2D eigenvalue weighted by Gasteiger charge is 2.21. The van der Waals surface area contributed by atoms with Crippen molar-refractivity contribution >= 4 is 11.9 Å². The molecule has 1 unspecified atom stereocenters. The molecular weight excluding hydrogens is 216 g/mol. The maximum atomic E-state index is 12.0. The fraction of sp³-hybridized carbons (Fsp3) is 0.833. The molecule has 0 aromatic heterocycles. The molecule has 1 fully saturated rings. The molecular formula is C12H24N4O. The first-order valence-electron chi connectivity index (χ1n) is 6.41. The third-order valence-corrected chi connectivity index (χ3v) is 3.36. The molecule has 1 heterocycles. The number of hydrogen-bond acceptors (Lipinski definition) is 2. The summed E-state index contributed by atoms with van der Waals surface area (Å²) in [7, 11) is 0. The molecule has 5 nitrogen and oxygen atoms in total. The standard InChI is InChI=1S/C12H24N4O/c1-3-10(8-11(13)14)15-12(17)16-6-4-9(2)5-7-16/h9-10H,3-8H2,1-2H3,(H3,13,14)(H,15,17). The summed E-state index contributed by atoms with van der Waals surface area (Å²) in [5.74, 6) is 0.850. The molecule has 0 saturated carbocycles. The number of urea groups is 1. The molecule has 2 amide bonds. The van der Waals surface area contributed by atoms with Crippen LogP contribution in [0.3, 0.4) is 0 Å². The van der Waals surface area contributed by atoms with Crippen molar-refractivity contribution in [2.75, 3.05) is 13.1 Å². The van der Waals surface area contributed by atoms with Crippen molar-refractivity contribution in [3.05, 3.63) is 0 Å². The van der Waals surface area contributed by atoms with Crippen LogP contribution in [0.25, 0.3) is 0 Å². The van der Waals surface area contributed by atoms with Crippen molar-refractivity contribution in [3.63, 3.8) is 0 Å². The summed E-state index contributed by atoms with van der Waals surface area (Å²) in [4.78, 5) is 13.8.